The molecule has 8 rings (SSSR count). The Labute approximate surface area is 302 Å². The van der Waals surface area contributed by atoms with Crippen LogP contribution < -0.4 is 0 Å². The molecule has 0 amide bonds. The molecule has 0 aliphatic carbocycles. The van der Waals surface area contributed by atoms with Gasteiger partial charge in [-0.05, 0) is 163 Å². The third-order valence-electron chi connectivity index (χ3n) is 10.5. The molecule has 8 aromatic carbocycles. The summed E-state index contributed by atoms with van der Waals surface area (Å²) in [5.74, 6) is 0. The second-order valence-electron chi connectivity index (χ2n) is 13.5. The first-order valence-electron chi connectivity index (χ1n) is 18.1. The Kier molecular flexibility index (Phi) is 8.68. The number of allylic oxidation sites excluding steroid dienone is 2. The minimum Gasteiger partial charge on any atom is -0.0871 e. The van der Waals surface area contributed by atoms with Crippen LogP contribution in [0.4, 0.5) is 0 Å². The summed E-state index contributed by atoms with van der Waals surface area (Å²) < 4.78 is 0. The first-order chi connectivity index (χ1) is 25.1. The highest BCUT2D eigenvalue weighted by Crippen LogP contribution is 2.38. The van der Waals surface area contributed by atoms with Crippen molar-refractivity contribution in [3.63, 3.8) is 0 Å². The van der Waals surface area contributed by atoms with Gasteiger partial charge < -0.3 is 0 Å². The second-order valence-corrected chi connectivity index (χ2v) is 13.5. The molecule has 0 spiro atoms. The standard InChI is InChI=1S/C51H42/c1-5-14-40-32-50(46(15-6-2)34(4)45(40)7-3)41-19-12-17-36(28-41)38-26-24-35-25-27-39(31-44(35)30-38)37-18-13-20-42(29-37)51-33-43-16-8-9-21-47(43)48-22-10-11-23-49(48)51/h5-6,8-33H,7H2,1-4H3/b14-5-,15-6-. The van der Waals surface area contributed by atoms with Crippen LogP contribution in [0, 0.1) is 6.92 Å². The first kappa shape index (κ1) is 32.2. The number of hydrogen-bond donors (Lipinski definition) is 0. The van der Waals surface area contributed by atoms with Crippen molar-refractivity contribution in [2.24, 2.45) is 0 Å². The van der Waals surface area contributed by atoms with E-state index in [9.17, 15) is 0 Å². The lowest BCUT2D eigenvalue weighted by atomic mass is 9.86. The number of rotatable bonds is 7. The van der Waals surface area contributed by atoms with Gasteiger partial charge in [-0.3, -0.25) is 0 Å². The summed E-state index contributed by atoms with van der Waals surface area (Å²) in [7, 11) is 0. The van der Waals surface area contributed by atoms with E-state index < -0.39 is 0 Å². The van der Waals surface area contributed by atoms with Gasteiger partial charge in [0.15, 0.2) is 0 Å². The highest BCUT2D eigenvalue weighted by atomic mass is 14.2. The predicted octanol–water partition coefficient (Wildman–Crippen LogP) is 14.8. The molecule has 0 bridgehead atoms. The topological polar surface area (TPSA) is 0 Å². The molecule has 8 aromatic rings. The fraction of sp³-hybridized carbons (Fsp3) is 0.0980. The summed E-state index contributed by atoms with van der Waals surface area (Å²) in [5, 5.41) is 7.62. The third-order valence-corrected chi connectivity index (χ3v) is 10.5. The van der Waals surface area contributed by atoms with Crippen LogP contribution in [0.3, 0.4) is 0 Å². The molecule has 0 heterocycles. The van der Waals surface area contributed by atoms with Gasteiger partial charge in [0.05, 0.1) is 0 Å². The Hall–Kier alpha value is -5.98. The van der Waals surface area contributed by atoms with Crippen molar-refractivity contribution in [2.75, 3.05) is 0 Å². The Morgan fingerprint density at radius 3 is 1.65 bits per heavy atom. The van der Waals surface area contributed by atoms with E-state index in [-0.39, 0.29) is 0 Å². The lowest BCUT2D eigenvalue weighted by Crippen LogP contribution is -1.98. The molecule has 0 aliphatic heterocycles. The van der Waals surface area contributed by atoms with Crippen molar-refractivity contribution in [1.82, 2.24) is 0 Å². The monoisotopic (exact) mass is 654 g/mol. The summed E-state index contributed by atoms with van der Waals surface area (Å²) in [5.41, 5.74) is 15.3. The molecule has 0 aromatic heterocycles. The predicted molar refractivity (Wildman–Crippen MR) is 224 cm³/mol. The maximum atomic E-state index is 2.38. The Morgan fingerprint density at radius 1 is 0.431 bits per heavy atom. The number of benzene rings is 8. The van der Waals surface area contributed by atoms with Crippen molar-refractivity contribution in [2.45, 2.75) is 34.1 Å². The molecule has 246 valence electrons. The van der Waals surface area contributed by atoms with Gasteiger partial charge in [0.2, 0.25) is 0 Å². The quantitative estimate of drug-likeness (QED) is 0.150. The van der Waals surface area contributed by atoms with Gasteiger partial charge in [-0.2, -0.15) is 0 Å². The Balaban J connectivity index is 1.19. The molecule has 0 nitrogen and oxygen atoms in total. The van der Waals surface area contributed by atoms with Crippen LogP contribution in [0.1, 0.15) is 43.0 Å². The van der Waals surface area contributed by atoms with Crippen LogP contribution in [0.25, 0.3) is 89.0 Å². The zero-order valence-electron chi connectivity index (χ0n) is 29.9. The molecule has 0 aliphatic rings. The Morgan fingerprint density at radius 2 is 1.00 bits per heavy atom. The molecule has 0 heteroatoms. The van der Waals surface area contributed by atoms with Gasteiger partial charge in [0, 0.05) is 0 Å². The van der Waals surface area contributed by atoms with Crippen molar-refractivity contribution in [3.05, 3.63) is 180 Å². The molecule has 0 saturated heterocycles. The second kappa shape index (κ2) is 13.7. The van der Waals surface area contributed by atoms with E-state index in [2.05, 4.69) is 198 Å². The summed E-state index contributed by atoms with van der Waals surface area (Å²) in [4.78, 5) is 0. The van der Waals surface area contributed by atoms with Crippen LogP contribution in [0.15, 0.2) is 158 Å². The zero-order valence-corrected chi connectivity index (χ0v) is 29.9. The third kappa shape index (κ3) is 5.98. The Bertz CT molecular complexity index is 2650. The van der Waals surface area contributed by atoms with Crippen molar-refractivity contribution in [3.8, 4) is 44.5 Å². The summed E-state index contributed by atoms with van der Waals surface area (Å²) in [6.07, 6.45) is 9.84. The molecule has 0 fully saturated rings. The van der Waals surface area contributed by atoms with Gasteiger partial charge in [-0.15, -0.1) is 0 Å². The molecule has 0 atom stereocenters. The highest BCUT2D eigenvalue weighted by Gasteiger charge is 2.14. The minimum atomic E-state index is 1.01. The van der Waals surface area contributed by atoms with Crippen molar-refractivity contribution >= 4 is 44.5 Å². The smallest absolute Gasteiger partial charge is 0.00988 e. The fourth-order valence-electron chi connectivity index (χ4n) is 7.95. The van der Waals surface area contributed by atoms with E-state index in [1.807, 2.05) is 0 Å². The van der Waals surface area contributed by atoms with E-state index in [1.165, 1.54) is 99.1 Å². The van der Waals surface area contributed by atoms with Crippen LogP contribution in [-0.4, -0.2) is 0 Å². The van der Waals surface area contributed by atoms with E-state index in [1.54, 1.807) is 0 Å². The van der Waals surface area contributed by atoms with Gasteiger partial charge >= 0.3 is 0 Å². The van der Waals surface area contributed by atoms with E-state index in [0.717, 1.165) is 6.42 Å². The number of hydrogen-bond acceptors (Lipinski definition) is 0. The maximum Gasteiger partial charge on any atom is -0.00988 e. The molecular weight excluding hydrogens is 613 g/mol. The average Bonchev–Trinajstić information content (AvgIpc) is 3.18. The van der Waals surface area contributed by atoms with E-state index >= 15 is 0 Å². The molecule has 0 radical (unpaired) electrons. The summed E-state index contributed by atoms with van der Waals surface area (Å²) >= 11 is 0. The molecule has 0 N–H and O–H groups in total. The molecule has 0 unspecified atom stereocenters. The van der Waals surface area contributed by atoms with Crippen LogP contribution in [0.5, 0.6) is 0 Å². The SMILES string of the molecule is C/C=C\c1cc(-c2cccc(-c3ccc4ccc(-c5cccc(-c6cc7ccccc7c7ccccc67)c5)cc4c3)c2)c(/C=C\C)c(C)c1CC. The molecular formula is C51H42. The average molecular weight is 655 g/mol. The number of fused-ring (bicyclic) bond motifs is 4. The van der Waals surface area contributed by atoms with Crippen LogP contribution in [-0.2, 0) is 6.42 Å². The minimum absolute atomic E-state index is 1.01. The summed E-state index contributed by atoms with van der Waals surface area (Å²) in [6.45, 7) is 8.73. The van der Waals surface area contributed by atoms with Gasteiger partial charge in [-0.1, -0.05) is 140 Å². The van der Waals surface area contributed by atoms with Crippen LogP contribution >= 0.6 is 0 Å². The van der Waals surface area contributed by atoms with Crippen LogP contribution in [0.2, 0.25) is 0 Å². The van der Waals surface area contributed by atoms with E-state index in [0.29, 0.717) is 0 Å². The zero-order chi connectivity index (χ0) is 34.9. The lowest BCUT2D eigenvalue weighted by molar-refractivity contribution is 1.10. The van der Waals surface area contributed by atoms with Crippen molar-refractivity contribution in [1.29, 1.82) is 0 Å². The normalized spacial score (nSPS) is 11.8. The van der Waals surface area contributed by atoms with Gasteiger partial charge in [-0.25, -0.2) is 0 Å². The van der Waals surface area contributed by atoms with Gasteiger partial charge in [0.25, 0.3) is 0 Å². The first-order valence-corrected chi connectivity index (χ1v) is 18.1. The summed E-state index contributed by atoms with van der Waals surface area (Å²) in [6, 6.07) is 54.0. The van der Waals surface area contributed by atoms with E-state index in [4.69, 9.17) is 0 Å². The largest absolute Gasteiger partial charge is 0.0871 e. The van der Waals surface area contributed by atoms with Gasteiger partial charge in [0.1, 0.15) is 0 Å². The lowest BCUT2D eigenvalue weighted by Gasteiger charge is -2.18. The molecule has 51 heavy (non-hydrogen) atoms. The highest BCUT2D eigenvalue weighted by molar-refractivity contribution is 6.14. The molecule has 0 saturated carbocycles. The fourth-order valence-corrected chi connectivity index (χ4v) is 7.95. The van der Waals surface area contributed by atoms with Crippen molar-refractivity contribution < 1.29 is 0 Å². The maximum absolute atomic E-state index is 2.38.